The fourth-order valence-corrected chi connectivity index (χ4v) is 1.65. The SMILES string of the molecule is C[C@@H](NC(=O)c1cn(CCN)nn1)c1ccncc1. The minimum atomic E-state index is -0.257. The summed E-state index contributed by atoms with van der Waals surface area (Å²) in [5, 5.41) is 10.5. The summed E-state index contributed by atoms with van der Waals surface area (Å²) in [4.78, 5) is 15.9. The molecule has 0 fully saturated rings. The first-order valence-electron chi connectivity index (χ1n) is 6.01. The summed E-state index contributed by atoms with van der Waals surface area (Å²) in [6, 6.07) is 3.60. The monoisotopic (exact) mass is 260 g/mol. The van der Waals surface area contributed by atoms with Crippen LogP contribution in [0, 0.1) is 0 Å². The Bertz CT molecular complexity index is 538. The van der Waals surface area contributed by atoms with E-state index in [0.29, 0.717) is 13.1 Å². The van der Waals surface area contributed by atoms with Gasteiger partial charge in [0.25, 0.3) is 5.91 Å². The van der Waals surface area contributed by atoms with Crippen molar-refractivity contribution in [2.75, 3.05) is 6.54 Å². The van der Waals surface area contributed by atoms with E-state index in [-0.39, 0.29) is 17.6 Å². The zero-order chi connectivity index (χ0) is 13.7. The molecule has 0 aliphatic rings. The van der Waals surface area contributed by atoms with E-state index in [1.165, 1.54) is 0 Å². The van der Waals surface area contributed by atoms with Crippen LogP contribution < -0.4 is 11.1 Å². The average molecular weight is 260 g/mol. The molecule has 0 radical (unpaired) electrons. The van der Waals surface area contributed by atoms with Crippen LogP contribution in [0.3, 0.4) is 0 Å². The molecule has 0 unspecified atom stereocenters. The van der Waals surface area contributed by atoms with Crippen molar-refractivity contribution in [2.45, 2.75) is 19.5 Å². The molecule has 7 nitrogen and oxygen atoms in total. The maximum Gasteiger partial charge on any atom is 0.273 e. The molecule has 0 aliphatic carbocycles. The van der Waals surface area contributed by atoms with Gasteiger partial charge >= 0.3 is 0 Å². The topological polar surface area (TPSA) is 98.7 Å². The maximum atomic E-state index is 12.0. The van der Waals surface area contributed by atoms with Crippen LogP contribution in [0.2, 0.25) is 0 Å². The first-order valence-corrected chi connectivity index (χ1v) is 6.01. The van der Waals surface area contributed by atoms with Crippen molar-refractivity contribution in [2.24, 2.45) is 5.73 Å². The van der Waals surface area contributed by atoms with Crippen molar-refractivity contribution < 1.29 is 4.79 Å². The largest absolute Gasteiger partial charge is 0.344 e. The molecule has 19 heavy (non-hydrogen) atoms. The van der Waals surface area contributed by atoms with Crippen LogP contribution in [-0.2, 0) is 6.54 Å². The minimum Gasteiger partial charge on any atom is -0.344 e. The number of pyridine rings is 1. The van der Waals surface area contributed by atoms with Gasteiger partial charge in [-0.15, -0.1) is 5.10 Å². The number of hydrogen-bond donors (Lipinski definition) is 2. The van der Waals surface area contributed by atoms with Gasteiger partial charge in [-0.05, 0) is 24.6 Å². The normalized spacial score (nSPS) is 12.1. The summed E-state index contributed by atoms with van der Waals surface area (Å²) in [6.07, 6.45) is 4.96. The van der Waals surface area contributed by atoms with Crippen molar-refractivity contribution in [1.29, 1.82) is 0 Å². The lowest BCUT2D eigenvalue weighted by molar-refractivity contribution is 0.0934. The lowest BCUT2D eigenvalue weighted by Crippen LogP contribution is -2.27. The van der Waals surface area contributed by atoms with Gasteiger partial charge in [0.05, 0.1) is 18.8 Å². The van der Waals surface area contributed by atoms with E-state index < -0.39 is 0 Å². The molecule has 0 aromatic carbocycles. The third kappa shape index (κ3) is 3.35. The molecule has 2 heterocycles. The molecule has 2 rings (SSSR count). The van der Waals surface area contributed by atoms with Crippen LogP contribution in [0.4, 0.5) is 0 Å². The van der Waals surface area contributed by atoms with Crippen molar-refractivity contribution in [3.63, 3.8) is 0 Å². The summed E-state index contributed by atoms with van der Waals surface area (Å²) in [5.41, 5.74) is 6.68. The van der Waals surface area contributed by atoms with Gasteiger partial charge in [-0.2, -0.15) is 0 Å². The second-order valence-corrected chi connectivity index (χ2v) is 4.13. The molecule has 2 aromatic rings. The van der Waals surface area contributed by atoms with Crippen molar-refractivity contribution >= 4 is 5.91 Å². The second kappa shape index (κ2) is 6.05. The van der Waals surface area contributed by atoms with Crippen LogP contribution in [0.25, 0.3) is 0 Å². The summed E-state index contributed by atoms with van der Waals surface area (Å²) < 4.78 is 1.55. The highest BCUT2D eigenvalue weighted by Crippen LogP contribution is 2.10. The highest BCUT2D eigenvalue weighted by molar-refractivity contribution is 5.92. The van der Waals surface area contributed by atoms with Crippen LogP contribution in [-0.4, -0.2) is 32.4 Å². The van der Waals surface area contributed by atoms with E-state index in [0.717, 1.165) is 5.56 Å². The first-order chi connectivity index (χ1) is 9.20. The van der Waals surface area contributed by atoms with Gasteiger partial charge in [0.15, 0.2) is 5.69 Å². The first kappa shape index (κ1) is 13.2. The maximum absolute atomic E-state index is 12.0. The molecular weight excluding hydrogens is 244 g/mol. The quantitative estimate of drug-likeness (QED) is 0.795. The molecule has 0 saturated carbocycles. The van der Waals surface area contributed by atoms with Crippen molar-refractivity contribution in [3.8, 4) is 0 Å². The Balaban J connectivity index is 2.00. The predicted octanol–water partition coefficient (Wildman–Crippen LogP) is 0.123. The Hall–Kier alpha value is -2.28. The van der Waals surface area contributed by atoms with E-state index in [9.17, 15) is 4.79 Å². The molecule has 0 saturated heterocycles. The van der Waals surface area contributed by atoms with Gasteiger partial charge in [0.2, 0.25) is 0 Å². The molecule has 0 spiro atoms. The lowest BCUT2D eigenvalue weighted by atomic mass is 10.1. The zero-order valence-corrected chi connectivity index (χ0v) is 10.7. The number of nitrogens with one attached hydrogen (secondary N) is 1. The third-order valence-corrected chi connectivity index (χ3v) is 2.68. The average Bonchev–Trinajstić information content (AvgIpc) is 2.89. The zero-order valence-electron chi connectivity index (χ0n) is 10.7. The molecule has 100 valence electrons. The number of aromatic nitrogens is 4. The summed E-state index contributed by atoms with van der Waals surface area (Å²) in [7, 11) is 0. The van der Waals surface area contributed by atoms with Gasteiger partial charge < -0.3 is 11.1 Å². The smallest absolute Gasteiger partial charge is 0.273 e. The van der Waals surface area contributed by atoms with Gasteiger partial charge in [-0.25, -0.2) is 0 Å². The van der Waals surface area contributed by atoms with E-state index in [1.54, 1.807) is 23.3 Å². The molecule has 1 amide bonds. The number of nitrogens with two attached hydrogens (primary N) is 1. The van der Waals surface area contributed by atoms with Crippen molar-refractivity contribution in [3.05, 3.63) is 42.0 Å². The molecule has 1 atom stereocenters. The third-order valence-electron chi connectivity index (χ3n) is 2.68. The van der Waals surface area contributed by atoms with Gasteiger partial charge in [-0.3, -0.25) is 14.5 Å². The summed E-state index contributed by atoms with van der Waals surface area (Å²) >= 11 is 0. The molecule has 0 bridgehead atoms. The molecule has 7 heteroatoms. The molecule has 2 aromatic heterocycles. The Morgan fingerprint density at radius 3 is 2.89 bits per heavy atom. The summed E-state index contributed by atoms with van der Waals surface area (Å²) in [5.74, 6) is -0.257. The number of carbonyl (C=O) groups excluding carboxylic acids is 1. The van der Waals surface area contributed by atoms with Gasteiger partial charge in [0, 0.05) is 18.9 Å². The Labute approximate surface area is 110 Å². The van der Waals surface area contributed by atoms with Crippen LogP contribution in [0.5, 0.6) is 0 Å². The van der Waals surface area contributed by atoms with Gasteiger partial charge in [0.1, 0.15) is 0 Å². The fraction of sp³-hybridized carbons (Fsp3) is 0.333. The van der Waals surface area contributed by atoms with E-state index >= 15 is 0 Å². The Morgan fingerprint density at radius 1 is 1.47 bits per heavy atom. The van der Waals surface area contributed by atoms with E-state index in [1.807, 2.05) is 19.1 Å². The van der Waals surface area contributed by atoms with Crippen LogP contribution in [0.15, 0.2) is 30.7 Å². The fourth-order valence-electron chi connectivity index (χ4n) is 1.65. The van der Waals surface area contributed by atoms with E-state index in [2.05, 4.69) is 20.6 Å². The second-order valence-electron chi connectivity index (χ2n) is 4.13. The highest BCUT2D eigenvalue weighted by atomic mass is 16.2. The highest BCUT2D eigenvalue weighted by Gasteiger charge is 2.14. The number of hydrogen-bond acceptors (Lipinski definition) is 5. The van der Waals surface area contributed by atoms with Crippen LogP contribution >= 0.6 is 0 Å². The lowest BCUT2D eigenvalue weighted by Gasteiger charge is -2.12. The number of rotatable bonds is 5. The molecule has 0 aliphatic heterocycles. The number of carbonyl (C=O) groups is 1. The molecular formula is C12H16N6O. The molecule has 3 N–H and O–H groups in total. The Morgan fingerprint density at radius 2 is 2.21 bits per heavy atom. The number of nitrogens with zero attached hydrogens (tertiary/aromatic N) is 4. The predicted molar refractivity (Wildman–Crippen MR) is 69.2 cm³/mol. The minimum absolute atomic E-state index is 0.116. The number of amides is 1. The van der Waals surface area contributed by atoms with E-state index in [4.69, 9.17) is 5.73 Å². The van der Waals surface area contributed by atoms with Crippen LogP contribution in [0.1, 0.15) is 29.0 Å². The van der Waals surface area contributed by atoms with Gasteiger partial charge in [-0.1, -0.05) is 5.21 Å². The standard InChI is InChI=1S/C12H16N6O/c1-9(10-2-5-14-6-3-10)15-12(19)11-8-18(7-4-13)17-16-11/h2-3,5-6,8-9H,4,7,13H2,1H3,(H,15,19)/t9-/m1/s1. The Kier molecular flexibility index (Phi) is 4.19. The summed E-state index contributed by atoms with van der Waals surface area (Å²) in [6.45, 7) is 2.90. The van der Waals surface area contributed by atoms with Crippen molar-refractivity contribution in [1.82, 2.24) is 25.3 Å².